The van der Waals surface area contributed by atoms with Gasteiger partial charge in [-0.1, -0.05) is 38.4 Å². The van der Waals surface area contributed by atoms with Gasteiger partial charge in [0.15, 0.2) is 0 Å². The zero-order valence-electron chi connectivity index (χ0n) is 13.7. The Balaban J connectivity index is 2.89. The lowest BCUT2D eigenvalue weighted by molar-refractivity contribution is 0.213. The summed E-state index contributed by atoms with van der Waals surface area (Å²) < 4.78 is 6.29. The number of benzene rings is 1. The molecule has 0 spiro atoms. The van der Waals surface area contributed by atoms with Crippen LogP contribution in [0.5, 0.6) is 5.75 Å². The molecule has 2 nitrogen and oxygen atoms in total. The number of aliphatic hydroxyl groups excluding tert-OH is 1. The average Bonchev–Trinajstić information content (AvgIpc) is 2.37. The van der Waals surface area contributed by atoms with Crippen molar-refractivity contribution in [2.24, 2.45) is 0 Å². The van der Waals surface area contributed by atoms with Crippen LogP contribution in [-0.4, -0.2) is 19.5 Å². The third-order valence-corrected chi connectivity index (χ3v) is 8.91. The molecule has 0 saturated carbocycles. The molecule has 21 heavy (non-hydrogen) atoms. The minimum atomic E-state index is -1.85. The zero-order valence-corrected chi connectivity index (χ0v) is 15.5. The van der Waals surface area contributed by atoms with E-state index < -0.39 is 14.4 Å². The van der Waals surface area contributed by atoms with E-state index in [2.05, 4.69) is 40.4 Å². The number of rotatable bonds is 6. The van der Waals surface area contributed by atoms with E-state index in [1.165, 1.54) is 0 Å². The van der Waals surface area contributed by atoms with Gasteiger partial charge in [0.1, 0.15) is 5.75 Å². The van der Waals surface area contributed by atoms with Crippen LogP contribution in [0.25, 0.3) is 0 Å². The molecule has 0 aromatic heterocycles. The van der Waals surface area contributed by atoms with Crippen LogP contribution in [0.2, 0.25) is 23.2 Å². The van der Waals surface area contributed by atoms with Crippen LogP contribution in [0.15, 0.2) is 30.9 Å². The Morgan fingerprint density at radius 2 is 2.00 bits per heavy atom. The predicted octanol–water partition coefficient (Wildman–Crippen LogP) is 5.20. The molecule has 0 aliphatic rings. The molecule has 0 aliphatic heterocycles. The Bertz CT molecular complexity index is 492. The Hall–Kier alpha value is -0.773. The summed E-state index contributed by atoms with van der Waals surface area (Å²) in [4.78, 5) is 0. The third kappa shape index (κ3) is 5.17. The molecule has 1 aromatic rings. The van der Waals surface area contributed by atoms with Gasteiger partial charge in [-0.25, -0.2) is 0 Å². The van der Waals surface area contributed by atoms with Gasteiger partial charge in [0, 0.05) is 5.02 Å². The van der Waals surface area contributed by atoms with Crippen molar-refractivity contribution in [1.29, 1.82) is 0 Å². The second kappa shape index (κ2) is 6.99. The second-order valence-electron chi connectivity index (χ2n) is 6.96. The molecule has 1 rings (SSSR count). The Morgan fingerprint density at radius 3 is 2.52 bits per heavy atom. The molecule has 0 fully saturated rings. The maximum atomic E-state index is 9.59. The first-order valence-corrected chi connectivity index (χ1v) is 10.6. The van der Waals surface area contributed by atoms with E-state index in [1.54, 1.807) is 6.08 Å². The summed E-state index contributed by atoms with van der Waals surface area (Å²) in [6, 6.07) is 5.80. The van der Waals surface area contributed by atoms with Crippen molar-refractivity contribution in [2.45, 2.75) is 57.8 Å². The lowest BCUT2D eigenvalue weighted by Gasteiger charge is -2.36. The second-order valence-corrected chi connectivity index (χ2v) is 12.1. The molecule has 118 valence electrons. The first-order valence-electron chi connectivity index (χ1n) is 7.35. The molecule has 1 unspecified atom stereocenters. The highest BCUT2D eigenvalue weighted by Gasteiger charge is 2.39. The lowest BCUT2D eigenvalue weighted by Crippen LogP contribution is -2.43. The van der Waals surface area contributed by atoms with Gasteiger partial charge in [0.05, 0.1) is 6.10 Å². The lowest BCUT2D eigenvalue weighted by atomic mass is 10.1. The molecule has 1 aromatic carbocycles. The summed E-state index contributed by atoms with van der Waals surface area (Å²) in [6.45, 7) is 14.7. The maximum absolute atomic E-state index is 9.59. The normalized spacial score (nSPS) is 13.9. The topological polar surface area (TPSA) is 29.5 Å². The molecule has 0 saturated heterocycles. The number of aliphatic hydroxyl groups is 1. The first kappa shape index (κ1) is 18.3. The highest BCUT2D eigenvalue weighted by atomic mass is 35.5. The summed E-state index contributed by atoms with van der Waals surface area (Å²) in [7, 11) is -1.85. The summed E-state index contributed by atoms with van der Waals surface area (Å²) in [5.74, 6) is 0.870. The monoisotopic (exact) mass is 326 g/mol. The molecule has 0 heterocycles. The fourth-order valence-corrected chi connectivity index (χ4v) is 2.91. The highest BCUT2D eigenvalue weighted by molar-refractivity contribution is 6.74. The van der Waals surface area contributed by atoms with Crippen LogP contribution >= 0.6 is 11.6 Å². The molecule has 1 atom stereocenters. The molecule has 0 radical (unpaired) electrons. The fraction of sp³-hybridized carbons (Fsp3) is 0.529. The zero-order chi connectivity index (χ0) is 16.3. The summed E-state index contributed by atoms with van der Waals surface area (Å²) in [6.07, 6.45) is 2.38. The molecule has 1 N–H and O–H groups in total. The molecule has 4 heteroatoms. The number of hydrogen-bond acceptors (Lipinski definition) is 2. The van der Waals surface area contributed by atoms with Crippen molar-refractivity contribution in [2.75, 3.05) is 0 Å². The van der Waals surface area contributed by atoms with Crippen LogP contribution in [0.1, 0.15) is 32.8 Å². The average molecular weight is 327 g/mol. The highest BCUT2D eigenvalue weighted by Crippen LogP contribution is 2.38. The molecule has 0 bridgehead atoms. The van der Waals surface area contributed by atoms with Gasteiger partial charge >= 0.3 is 0 Å². The summed E-state index contributed by atoms with van der Waals surface area (Å²) >= 11 is 6.23. The van der Waals surface area contributed by atoms with E-state index >= 15 is 0 Å². The van der Waals surface area contributed by atoms with Crippen molar-refractivity contribution >= 4 is 19.9 Å². The molecular weight excluding hydrogens is 300 g/mol. The van der Waals surface area contributed by atoms with Crippen molar-refractivity contribution in [3.8, 4) is 5.75 Å². The summed E-state index contributed by atoms with van der Waals surface area (Å²) in [5.41, 5.74) is 1.01. The summed E-state index contributed by atoms with van der Waals surface area (Å²) in [5, 5.41) is 10.5. The number of hydrogen-bond donors (Lipinski definition) is 1. The minimum Gasteiger partial charge on any atom is -0.543 e. The maximum Gasteiger partial charge on any atom is 0.250 e. The van der Waals surface area contributed by atoms with Gasteiger partial charge in [-0.15, -0.1) is 6.58 Å². The van der Waals surface area contributed by atoms with Gasteiger partial charge in [-0.3, -0.25) is 0 Å². The quantitative estimate of drug-likeness (QED) is 0.575. The fourth-order valence-electron chi connectivity index (χ4n) is 1.68. The van der Waals surface area contributed by atoms with Crippen LogP contribution in [0, 0.1) is 0 Å². The predicted molar refractivity (Wildman–Crippen MR) is 93.8 cm³/mol. The number of halogens is 1. The largest absolute Gasteiger partial charge is 0.543 e. The molecule has 0 amide bonds. The van der Waals surface area contributed by atoms with Crippen molar-refractivity contribution in [3.05, 3.63) is 41.4 Å². The smallest absolute Gasteiger partial charge is 0.250 e. The number of aryl methyl sites for hydroxylation is 1. The van der Waals surface area contributed by atoms with E-state index in [-0.39, 0.29) is 5.04 Å². The van der Waals surface area contributed by atoms with Gasteiger partial charge in [-0.2, -0.15) is 0 Å². The van der Waals surface area contributed by atoms with Crippen LogP contribution in [-0.2, 0) is 6.42 Å². The minimum absolute atomic E-state index is 0.159. The van der Waals surface area contributed by atoms with Gasteiger partial charge in [0.2, 0.25) is 8.32 Å². The SMILES string of the molecule is C=CC(O)CCc1cc(O[Si](C)(C)C(C)(C)C)ccc1Cl. The van der Waals surface area contributed by atoms with E-state index in [4.69, 9.17) is 16.0 Å². The van der Waals surface area contributed by atoms with Gasteiger partial charge < -0.3 is 9.53 Å². The van der Waals surface area contributed by atoms with Gasteiger partial charge in [-0.05, 0) is 54.7 Å². The Labute approximate surface area is 134 Å². The van der Waals surface area contributed by atoms with Crippen LogP contribution in [0.4, 0.5) is 0 Å². The van der Waals surface area contributed by atoms with E-state index in [9.17, 15) is 5.11 Å². The van der Waals surface area contributed by atoms with Crippen LogP contribution in [0.3, 0.4) is 0 Å². The Morgan fingerprint density at radius 1 is 1.38 bits per heavy atom. The van der Waals surface area contributed by atoms with E-state index in [1.807, 2.05) is 18.2 Å². The molecule has 0 aliphatic carbocycles. The standard InChI is InChI=1S/C17H27ClO2Si/c1-7-14(19)9-8-13-12-15(10-11-16(13)18)20-21(5,6)17(2,3)4/h7,10-12,14,19H,1,8-9H2,2-6H3. The third-order valence-electron chi connectivity index (χ3n) is 4.18. The van der Waals surface area contributed by atoms with Crippen LogP contribution < -0.4 is 4.43 Å². The first-order chi connectivity index (χ1) is 9.56. The molecular formula is C17H27ClO2Si. The van der Waals surface area contributed by atoms with Gasteiger partial charge in [0.25, 0.3) is 0 Å². The van der Waals surface area contributed by atoms with Crippen molar-refractivity contribution in [1.82, 2.24) is 0 Å². The van der Waals surface area contributed by atoms with Crippen molar-refractivity contribution in [3.63, 3.8) is 0 Å². The Kier molecular flexibility index (Phi) is 6.08. The van der Waals surface area contributed by atoms with E-state index in [0.717, 1.165) is 11.3 Å². The van der Waals surface area contributed by atoms with E-state index in [0.29, 0.717) is 17.9 Å². The van der Waals surface area contributed by atoms with Crippen molar-refractivity contribution < 1.29 is 9.53 Å².